The minimum absolute atomic E-state index is 0.244. The van der Waals surface area contributed by atoms with Gasteiger partial charge in [-0.3, -0.25) is 0 Å². The molecule has 4 rings (SSSR count). The van der Waals surface area contributed by atoms with Gasteiger partial charge in [-0.25, -0.2) is 9.79 Å². The molecule has 0 aromatic heterocycles. The summed E-state index contributed by atoms with van der Waals surface area (Å²) in [6.07, 6.45) is 1.68. The maximum atomic E-state index is 12.3. The highest BCUT2D eigenvalue weighted by Gasteiger charge is 2.25. The Hall–Kier alpha value is -3.86. The number of methoxy groups -OCH3 is 1. The van der Waals surface area contributed by atoms with E-state index in [4.69, 9.17) is 14.2 Å². The Balaban J connectivity index is 1.55. The number of cyclic esters (lactones) is 1. The molecule has 31 heavy (non-hydrogen) atoms. The maximum absolute atomic E-state index is 12.3. The number of benzene rings is 3. The lowest BCUT2D eigenvalue weighted by molar-refractivity contribution is -0.129. The number of hydrogen-bond acceptors (Lipinski definition) is 5. The van der Waals surface area contributed by atoms with Crippen molar-refractivity contribution >= 4 is 17.9 Å². The molecule has 3 aromatic rings. The molecule has 5 heteroatoms. The van der Waals surface area contributed by atoms with Crippen LogP contribution in [0.3, 0.4) is 0 Å². The molecule has 0 bridgehead atoms. The fraction of sp³-hybridized carbons (Fsp3) is 0.154. The number of hydrogen-bond donors (Lipinski definition) is 0. The third-order valence-corrected chi connectivity index (χ3v) is 4.96. The molecule has 0 atom stereocenters. The Morgan fingerprint density at radius 3 is 2.58 bits per heavy atom. The number of nitrogens with zero attached hydrogens (tertiary/aromatic N) is 1. The van der Waals surface area contributed by atoms with Gasteiger partial charge in [0.05, 0.1) is 7.11 Å². The molecule has 0 saturated heterocycles. The smallest absolute Gasteiger partial charge is 0.363 e. The van der Waals surface area contributed by atoms with Crippen LogP contribution in [0.2, 0.25) is 0 Å². The first-order valence-corrected chi connectivity index (χ1v) is 9.98. The lowest BCUT2D eigenvalue weighted by Crippen LogP contribution is -2.06. The van der Waals surface area contributed by atoms with Gasteiger partial charge in [0.1, 0.15) is 6.61 Å². The minimum atomic E-state index is -0.475. The predicted molar refractivity (Wildman–Crippen MR) is 120 cm³/mol. The van der Waals surface area contributed by atoms with Gasteiger partial charge in [-0.15, -0.1) is 0 Å². The molecule has 156 valence electrons. The molecule has 1 heterocycles. The maximum Gasteiger partial charge on any atom is 0.363 e. The second-order valence-electron chi connectivity index (χ2n) is 7.34. The van der Waals surface area contributed by atoms with Crippen LogP contribution in [0.25, 0.3) is 6.08 Å². The molecule has 1 aliphatic heterocycles. The summed E-state index contributed by atoms with van der Waals surface area (Å²) in [5.41, 5.74) is 5.07. The number of aryl methyl sites for hydroxylation is 2. The van der Waals surface area contributed by atoms with Crippen molar-refractivity contribution in [2.75, 3.05) is 7.11 Å². The highest BCUT2D eigenvalue weighted by molar-refractivity contribution is 6.13. The van der Waals surface area contributed by atoms with E-state index in [1.165, 1.54) is 5.56 Å². The summed E-state index contributed by atoms with van der Waals surface area (Å²) >= 11 is 0. The van der Waals surface area contributed by atoms with E-state index in [1.54, 1.807) is 13.2 Å². The molecule has 0 radical (unpaired) electrons. The number of rotatable bonds is 6. The van der Waals surface area contributed by atoms with E-state index >= 15 is 0 Å². The van der Waals surface area contributed by atoms with Gasteiger partial charge < -0.3 is 14.2 Å². The number of ether oxygens (including phenoxy) is 3. The van der Waals surface area contributed by atoms with Gasteiger partial charge >= 0.3 is 5.97 Å². The van der Waals surface area contributed by atoms with Crippen LogP contribution in [0.4, 0.5) is 0 Å². The Kier molecular flexibility index (Phi) is 5.85. The lowest BCUT2D eigenvalue weighted by Gasteiger charge is -2.12. The summed E-state index contributed by atoms with van der Waals surface area (Å²) in [4.78, 5) is 16.7. The summed E-state index contributed by atoms with van der Waals surface area (Å²) in [6.45, 7) is 4.44. The van der Waals surface area contributed by atoms with Gasteiger partial charge in [0.15, 0.2) is 17.2 Å². The van der Waals surface area contributed by atoms with Gasteiger partial charge in [0.2, 0.25) is 5.90 Å². The molecule has 5 nitrogen and oxygen atoms in total. The predicted octanol–water partition coefficient (Wildman–Crippen LogP) is 5.24. The van der Waals surface area contributed by atoms with Crippen molar-refractivity contribution in [3.8, 4) is 11.5 Å². The zero-order valence-electron chi connectivity index (χ0n) is 17.7. The van der Waals surface area contributed by atoms with Crippen LogP contribution < -0.4 is 9.47 Å². The summed E-state index contributed by atoms with van der Waals surface area (Å²) in [6, 6.07) is 21.3. The Bertz CT molecular complexity index is 1190. The van der Waals surface area contributed by atoms with Gasteiger partial charge in [0.25, 0.3) is 0 Å². The third-order valence-electron chi connectivity index (χ3n) is 4.96. The average Bonchev–Trinajstić information content (AvgIpc) is 3.13. The van der Waals surface area contributed by atoms with Crippen molar-refractivity contribution < 1.29 is 19.0 Å². The molecule has 0 aliphatic carbocycles. The zero-order valence-corrected chi connectivity index (χ0v) is 17.7. The van der Waals surface area contributed by atoms with Crippen molar-refractivity contribution in [1.29, 1.82) is 0 Å². The first-order chi connectivity index (χ1) is 15.0. The highest BCUT2D eigenvalue weighted by atomic mass is 16.6. The Labute approximate surface area is 181 Å². The van der Waals surface area contributed by atoms with Crippen molar-refractivity contribution in [3.63, 3.8) is 0 Å². The van der Waals surface area contributed by atoms with Crippen LogP contribution in [0.1, 0.15) is 27.8 Å². The van der Waals surface area contributed by atoms with Gasteiger partial charge in [-0.2, -0.15) is 0 Å². The van der Waals surface area contributed by atoms with Crippen molar-refractivity contribution in [2.24, 2.45) is 4.99 Å². The molecule has 0 N–H and O–H groups in total. The van der Waals surface area contributed by atoms with Crippen LogP contribution in [-0.2, 0) is 16.1 Å². The summed E-state index contributed by atoms with van der Waals surface area (Å²) in [5.74, 6) is 1.05. The molecule has 0 amide bonds. The molecule has 0 fully saturated rings. The standard InChI is InChI=1S/C26H23NO4/c1-17-7-6-9-20(13-17)16-30-23-12-11-19(15-24(23)29-3)14-22-26(28)31-25(27-22)21-10-5-4-8-18(21)2/h4-15H,16H2,1-3H3/b22-14-. The topological polar surface area (TPSA) is 57.1 Å². The van der Waals surface area contributed by atoms with Crippen LogP contribution in [0.15, 0.2) is 77.4 Å². The summed E-state index contributed by atoms with van der Waals surface area (Å²) < 4.78 is 16.8. The van der Waals surface area contributed by atoms with E-state index in [0.717, 1.165) is 22.3 Å². The van der Waals surface area contributed by atoms with Crippen LogP contribution in [0.5, 0.6) is 11.5 Å². The highest BCUT2D eigenvalue weighted by Crippen LogP contribution is 2.30. The fourth-order valence-corrected chi connectivity index (χ4v) is 3.35. The molecule has 1 aliphatic rings. The Morgan fingerprint density at radius 2 is 1.81 bits per heavy atom. The number of carbonyl (C=O) groups is 1. The van der Waals surface area contributed by atoms with E-state index in [-0.39, 0.29) is 5.70 Å². The monoisotopic (exact) mass is 413 g/mol. The van der Waals surface area contributed by atoms with Crippen molar-refractivity contribution in [2.45, 2.75) is 20.5 Å². The van der Waals surface area contributed by atoms with Gasteiger partial charge in [0, 0.05) is 5.56 Å². The molecular weight excluding hydrogens is 390 g/mol. The zero-order chi connectivity index (χ0) is 21.8. The minimum Gasteiger partial charge on any atom is -0.493 e. The second kappa shape index (κ2) is 8.88. The van der Waals surface area contributed by atoms with Crippen molar-refractivity contribution in [1.82, 2.24) is 0 Å². The lowest BCUT2D eigenvalue weighted by atomic mass is 10.1. The quantitative estimate of drug-likeness (QED) is 0.410. The molecule has 0 spiro atoms. The SMILES string of the molecule is COc1cc(/C=C2\N=C(c3ccccc3C)OC2=O)ccc1OCc1cccc(C)c1. The largest absolute Gasteiger partial charge is 0.493 e. The summed E-state index contributed by atoms with van der Waals surface area (Å²) in [7, 11) is 1.59. The van der Waals surface area contributed by atoms with E-state index in [1.807, 2.05) is 74.5 Å². The molecule has 0 unspecified atom stereocenters. The Morgan fingerprint density at radius 1 is 0.968 bits per heavy atom. The van der Waals surface area contributed by atoms with Gasteiger partial charge in [-0.1, -0.05) is 54.1 Å². The van der Waals surface area contributed by atoms with E-state index in [9.17, 15) is 4.79 Å². The van der Waals surface area contributed by atoms with E-state index < -0.39 is 5.97 Å². The van der Waals surface area contributed by atoms with Crippen LogP contribution >= 0.6 is 0 Å². The number of aliphatic imine (C=N–C) groups is 1. The summed E-state index contributed by atoms with van der Waals surface area (Å²) in [5, 5.41) is 0. The average molecular weight is 413 g/mol. The normalized spacial score (nSPS) is 14.4. The number of esters is 1. The first kappa shape index (κ1) is 20.4. The van der Waals surface area contributed by atoms with Crippen LogP contribution in [0, 0.1) is 13.8 Å². The van der Waals surface area contributed by atoms with Crippen LogP contribution in [-0.4, -0.2) is 19.0 Å². The van der Waals surface area contributed by atoms with E-state index in [0.29, 0.717) is 24.0 Å². The van der Waals surface area contributed by atoms with Crippen molar-refractivity contribution in [3.05, 3.63) is 100 Å². The molecule has 3 aromatic carbocycles. The molecule has 0 saturated carbocycles. The van der Waals surface area contributed by atoms with E-state index in [2.05, 4.69) is 11.1 Å². The molecular formula is C26H23NO4. The fourth-order valence-electron chi connectivity index (χ4n) is 3.35. The van der Waals surface area contributed by atoms with Gasteiger partial charge in [-0.05, 0) is 54.8 Å². The third kappa shape index (κ3) is 4.67. The second-order valence-corrected chi connectivity index (χ2v) is 7.34. The first-order valence-electron chi connectivity index (χ1n) is 9.98. The number of carbonyl (C=O) groups excluding carboxylic acids is 1.